The summed E-state index contributed by atoms with van der Waals surface area (Å²) in [7, 11) is -8.05. The average Bonchev–Trinajstić information content (AvgIpc) is 3.01. The predicted molar refractivity (Wildman–Crippen MR) is 128 cm³/mol. The summed E-state index contributed by atoms with van der Waals surface area (Å²) < 4.78 is 131. The van der Waals surface area contributed by atoms with E-state index in [4.69, 9.17) is 4.74 Å². The number of rotatable bonds is 3. The normalized spacial score (nSPS) is 30.8. The van der Waals surface area contributed by atoms with E-state index in [-0.39, 0.29) is 42.1 Å². The molecule has 38 heavy (non-hydrogen) atoms. The highest BCUT2D eigenvalue weighted by atomic mass is 32.2. The molecule has 6 atom stereocenters. The molecule has 3 unspecified atom stereocenters. The lowest BCUT2D eigenvalue weighted by atomic mass is 9.72. The zero-order chi connectivity index (χ0) is 27.6. The number of hydrogen-bond acceptors (Lipinski definition) is 5. The van der Waals surface area contributed by atoms with Crippen molar-refractivity contribution in [3.8, 4) is 5.75 Å². The van der Waals surface area contributed by atoms with Crippen LogP contribution in [0.1, 0.15) is 49.7 Å². The van der Waals surface area contributed by atoms with Crippen LogP contribution in [0.25, 0.3) is 0 Å². The van der Waals surface area contributed by atoms with Crippen molar-refractivity contribution in [3.05, 3.63) is 59.2 Å². The van der Waals surface area contributed by atoms with Crippen LogP contribution in [0.4, 0.5) is 22.0 Å². The van der Waals surface area contributed by atoms with Crippen LogP contribution in [0, 0.1) is 23.5 Å². The molecule has 13 heteroatoms. The van der Waals surface area contributed by atoms with Gasteiger partial charge in [-0.2, -0.15) is 13.2 Å². The zero-order valence-corrected chi connectivity index (χ0v) is 21.8. The van der Waals surface area contributed by atoms with Crippen LogP contribution in [-0.4, -0.2) is 40.0 Å². The minimum absolute atomic E-state index is 0.101. The second-order valence-electron chi connectivity index (χ2n) is 10.2. The van der Waals surface area contributed by atoms with E-state index in [1.54, 1.807) is 6.92 Å². The van der Waals surface area contributed by atoms with Crippen molar-refractivity contribution in [2.45, 2.75) is 66.1 Å². The fourth-order valence-corrected chi connectivity index (χ4v) is 10.2. The van der Waals surface area contributed by atoms with Gasteiger partial charge in [-0.3, -0.25) is 0 Å². The van der Waals surface area contributed by atoms with Gasteiger partial charge in [0.25, 0.3) is 0 Å². The van der Waals surface area contributed by atoms with E-state index in [1.165, 1.54) is 0 Å². The van der Waals surface area contributed by atoms with Crippen molar-refractivity contribution in [3.63, 3.8) is 0 Å². The van der Waals surface area contributed by atoms with E-state index in [2.05, 4.69) is 4.72 Å². The third-order valence-electron chi connectivity index (χ3n) is 8.19. The van der Waals surface area contributed by atoms with E-state index in [0.717, 1.165) is 24.3 Å². The maximum Gasteiger partial charge on any atom is 0.416 e. The lowest BCUT2D eigenvalue weighted by molar-refractivity contribution is -0.137. The van der Waals surface area contributed by atoms with E-state index in [1.807, 2.05) is 0 Å². The van der Waals surface area contributed by atoms with Crippen molar-refractivity contribution in [1.82, 2.24) is 4.72 Å². The Labute approximate surface area is 217 Å². The molecule has 208 valence electrons. The number of fused-ring (bicyclic) bond motifs is 5. The van der Waals surface area contributed by atoms with E-state index >= 15 is 4.39 Å². The third kappa shape index (κ3) is 4.49. The van der Waals surface area contributed by atoms with Gasteiger partial charge >= 0.3 is 6.18 Å². The van der Waals surface area contributed by atoms with E-state index < -0.39 is 77.5 Å². The summed E-state index contributed by atoms with van der Waals surface area (Å²) >= 11 is 0. The number of alkyl halides is 3. The SMILES string of the molecule is CC[C@H]1CC2C3COc4c(F)ccc(F)c4C3[C@H](S(=O)(=O)c3ccc(C(F)(F)F)cc3)CC[C@@H]2NS1(=O)=O. The highest BCUT2D eigenvalue weighted by Gasteiger charge is 2.54. The van der Waals surface area contributed by atoms with Crippen LogP contribution in [0.3, 0.4) is 0 Å². The smallest absolute Gasteiger partial charge is 0.416 e. The van der Waals surface area contributed by atoms with Crippen LogP contribution in [0.5, 0.6) is 5.75 Å². The molecule has 6 nitrogen and oxygen atoms in total. The van der Waals surface area contributed by atoms with Gasteiger partial charge in [-0.1, -0.05) is 6.92 Å². The van der Waals surface area contributed by atoms with Gasteiger partial charge in [0.1, 0.15) is 5.82 Å². The summed E-state index contributed by atoms with van der Waals surface area (Å²) in [5, 5.41) is -2.09. The molecule has 2 aromatic carbocycles. The quantitative estimate of drug-likeness (QED) is 0.528. The lowest BCUT2D eigenvalue weighted by Crippen LogP contribution is -2.54. The van der Waals surface area contributed by atoms with Crippen LogP contribution in [0.15, 0.2) is 41.3 Å². The summed E-state index contributed by atoms with van der Waals surface area (Å²) in [4.78, 5) is -0.379. The van der Waals surface area contributed by atoms with Crippen molar-refractivity contribution in [2.75, 3.05) is 6.61 Å². The van der Waals surface area contributed by atoms with Gasteiger partial charge in [0.2, 0.25) is 10.0 Å². The van der Waals surface area contributed by atoms with Gasteiger partial charge in [-0.25, -0.2) is 30.3 Å². The second-order valence-corrected chi connectivity index (χ2v) is 14.3. The Hall–Kier alpha value is -2.25. The fraction of sp³-hybridized carbons (Fsp3) is 0.520. The van der Waals surface area contributed by atoms with Crippen molar-refractivity contribution in [2.24, 2.45) is 11.8 Å². The molecule has 0 amide bonds. The number of halogens is 5. The number of ether oxygens (including phenoxy) is 1. The van der Waals surface area contributed by atoms with E-state index in [9.17, 15) is 34.4 Å². The minimum Gasteiger partial charge on any atom is -0.490 e. The van der Waals surface area contributed by atoms with Crippen molar-refractivity contribution in [1.29, 1.82) is 0 Å². The first-order valence-corrected chi connectivity index (χ1v) is 15.4. The number of nitrogens with one attached hydrogen (secondary N) is 1. The minimum atomic E-state index is -4.67. The van der Waals surface area contributed by atoms with Gasteiger partial charge in [0.05, 0.1) is 27.6 Å². The predicted octanol–water partition coefficient (Wildman–Crippen LogP) is 4.80. The average molecular weight is 580 g/mol. The molecule has 1 aliphatic carbocycles. The summed E-state index contributed by atoms with van der Waals surface area (Å²) in [6.45, 7) is 1.56. The third-order valence-corrected chi connectivity index (χ3v) is 12.5. The number of sulfonamides is 1. The van der Waals surface area contributed by atoms with Gasteiger partial charge in [-0.05, 0) is 68.0 Å². The van der Waals surface area contributed by atoms with E-state index in [0.29, 0.717) is 18.6 Å². The molecule has 0 aromatic heterocycles. The second kappa shape index (κ2) is 9.44. The molecule has 1 saturated heterocycles. The molecule has 0 radical (unpaired) electrons. The van der Waals surface area contributed by atoms with Gasteiger partial charge in [0.15, 0.2) is 21.4 Å². The topological polar surface area (TPSA) is 89.5 Å². The van der Waals surface area contributed by atoms with Crippen LogP contribution >= 0.6 is 0 Å². The highest BCUT2D eigenvalue weighted by molar-refractivity contribution is 7.92. The first-order chi connectivity index (χ1) is 17.8. The van der Waals surface area contributed by atoms with Gasteiger partial charge in [-0.15, -0.1) is 0 Å². The summed E-state index contributed by atoms with van der Waals surface area (Å²) in [5.74, 6) is -4.31. The monoisotopic (exact) mass is 579 g/mol. The summed E-state index contributed by atoms with van der Waals surface area (Å²) in [5.41, 5.74) is -1.25. The molecular weight excluding hydrogens is 553 g/mol. The van der Waals surface area contributed by atoms with Crippen LogP contribution < -0.4 is 9.46 Å². The largest absolute Gasteiger partial charge is 0.490 e. The Morgan fingerprint density at radius 2 is 1.66 bits per heavy atom. The van der Waals surface area contributed by atoms with Crippen LogP contribution in [0.2, 0.25) is 0 Å². The Morgan fingerprint density at radius 3 is 2.29 bits per heavy atom. The molecule has 2 aromatic rings. The summed E-state index contributed by atoms with van der Waals surface area (Å²) in [6, 6.07) is 4.19. The number of hydrogen-bond donors (Lipinski definition) is 1. The first-order valence-electron chi connectivity index (χ1n) is 12.3. The molecule has 0 spiro atoms. The molecule has 5 rings (SSSR count). The van der Waals surface area contributed by atoms with Gasteiger partial charge in [0, 0.05) is 23.4 Å². The van der Waals surface area contributed by atoms with Crippen molar-refractivity contribution >= 4 is 19.9 Å². The summed E-state index contributed by atoms with van der Waals surface area (Å²) in [6.07, 6.45) is -4.17. The molecule has 3 aliphatic rings. The first kappa shape index (κ1) is 27.3. The Kier molecular flexibility index (Phi) is 6.79. The fourth-order valence-electron chi connectivity index (χ4n) is 6.36. The molecule has 2 fully saturated rings. The van der Waals surface area contributed by atoms with Crippen molar-refractivity contribution < 1.29 is 43.5 Å². The highest BCUT2D eigenvalue weighted by Crippen LogP contribution is 2.53. The molecule has 1 N–H and O–H groups in total. The molecule has 1 saturated carbocycles. The Balaban J connectivity index is 1.65. The maximum absolute atomic E-state index is 15.3. The Bertz CT molecular complexity index is 1440. The molecule has 2 heterocycles. The molecular formula is C25H26F5NO5S2. The maximum atomic E-state index is 15.3. The Morgan fingerprint density at radius 1 is 1.00 bits per heavy atom. The number of sulfone groups is 1. The standard InChI is InChI=1S/C25H26F5NO5S2/c1-2-14-11-16-17-12-36-24-19(27)8-7-18(26)23(24)22(17)21(10-9-20(16)31-38(14,34)35)37(32,33)15-5-3-13(4-6-15)25(28,29)30/h3-8,14,16-17,20-22,31H,2,9-12H2,1H3/t14-,16?,17?,20-,21+,22?/m0/s1. The van der Waals surface area contributed by atoms with Gasteiger partial charge < -0.3 is 4.74 Å². The molecule has 0 bridgehead atoms. The lowest BCUT2D eigenvalue weighted by Gasteiger charge is -2.44. The zero-order valence-electron chi connectivity index (χ0n) is 20.2. The number of benzene rings is 2. The molecule has 2 aliphatic heterocycles. The van der Waals surface area contributed by atoms with Crippen LogP contribution in [-0.2, 0) is 26.0 Å².